The SMILES string of the molecule is CC(C)(C)OC(=O)Nc1nc(-c2ccccc2)c(Oc2ccnc(Nc3cccc(S(N)(=O)=O)c3)c2)s1. The van der Waals surface area contributed by atoms with Gasteiger partial charge in [-0.3, -0.25) is 5.32 Å². The van der Waals surface area contributed by atoms with Crippen LogP contribution in [-0.4, -0.2) is 30.1 Å². The lowest BCUT2D eigenvalue weighted by Gasteiger charge is -2.18. The van der Waals surface area contributed by atoms with E-state index in [4.69, 9.17) is 14.6 Å². The maximum absolute atomic E-state index is 12.3. The summed E-state index contributed by atoms with van der Waals surface area (Å²) in [6, 6.07) is 18.8. The predicted octanol–water partition coefficient (Wildman–Crippen LogP) is 5.74. The van der Waals surface area contributed by atoms with Crippen molar-refractivity contribution < 1.29 is 22.7 Å². The van der Waals surface area contributed by atoms with Gasteiger partial charge in [0.25, 0.3) is 0 Å². The van der Waals surface area contributed by atoms with Crippen molar-refractivity contribution in [2.45, 2.75) is 31.3 Å². The number of benzene rings is 2. The largest absolute Gasteiger partial charge is 0.444 e. The van der Waals surface area contributed by atoms with Crippen molar-refractivity contribution >= 4 is 44.1 Å². The van der Waals surface area contributed by atoms with Crippen LogP contribution < -0.4 is 20.5 Å². The molecule has 4 aromatic rings. The summed E-state index contributed by atoms with van der Waals surface area (Å²) in [7, 11) is -3.84. The van der Waals surface area contributed by atoms with E-state index >= 15 is 0 Å². The highest BCUT2D eigenvalue weighted by molar-refractivity contribution is 7.89. The summed E-state index contributed by atoms with van der Waals surface area (Å²) < 4.78 is 34.8. The zero-order valence-corrected chi connectivity index (χ0v) is 21.9. The summed E-state index contributed by atoms with van der Waals surface area (Å²) in [6.45, 7) is 5.33. The number of thiazole rings is 1. The van der Waals surface area contributed by atoms with Gasteiger partial charge in [-0.05, 0) is 45.0 Å². The van der Waals surface area contributed by atoms with E-state index in [1.807, 2.05) is 30.3 Å². The second kappa shape index (κ2) is 10.5. The number of hydrogen-bond donors (Lipinski definition) is 3. The van der Waals surface area contributed by atoms with Gasteiger partial charge in [-0.1, -0.05) is 47.7 Å². The van der Waals surface area contributed by atoms with Crippen molar-refractivity contribution in [1.29, 1.82) is 0 Å². The molecule has 0 aliphatic rings. The molecular formula is C25H25N5O5S2. The Labute approximate surface area is 218 Å². The van der Waals surface area contributed by atoms with E-state index < -0.39 is 21.7 Å². The molecule has 12 heteroatoms. The van der Waals surface area contributed by atoms with Gasteiger partial charge in [-0.25, -0.2) is 28.3 Å². The van der Waals surface area contributed by atoms with Crippen molar-refractivity contribution in [3.63, 3.8) is 0 Å². The van der Waals surface area contributed by atoms with Crippen LogP contribution in [-0.2, 0) is 14.8 Å². The number of hydrogen-bond acceptors (Lipinski definition) is 9. The molecule has 0 saturated carbocycles. The zero-order chi connectivity index (χ0) is 26.6. The first kappa shape index (κ1) is 26.1. The minimum Gasteiger partial charge on any atom is -0.444 e. The van der Waals surface area contributed by atoms with Gasteiger partial charge >= 0.3 is 6.09 Å². The summed E-state index contributed by atoms with van der Waals surface area (Å²) in [4.78, 5) is 21.1. The number of sulfonamides is 1. The van der Waals surface area contributed by atoms with Crippen LogP contribution in [0.15, 0.2) is 77.8 Å². The first-order chi connectivity index (χ1) is 17.5. The number of nitrogens with zero attached hydrogens (tertiary/aromatic N) is 2. The third-order valence-electron chi connectivity index (χ3n) is 4.63. The Bertz CT molecular complexity index is 1520. The lowest BCUT2D eigenvalue weighted by atomic mass is 10.2. The van der Waals surface area contributed by atoms with Crippen LogP contribution in [0, 0.1) is 0 Å². The third-order valence-corrected chi connectivity index (χ3v) is 6.39. The molecule has 2 heterocycles. The van der Waals surface area contributed by atoms with Crippen molar-refractivity contribution in [2.24, 2.45) is 5.14 Å². The average Bonchev–Trinajstić information content (AvgIpc) is 3.20. The number of pyridine rings is 1. The number of ether oxygens (including phenoxy) is 2. The number of carbonyl (C=O) groups excluding carboxylic acids is 1. The Morgan fingerprint density at radius 1 is 1.03 bits per heavy atom. The zero-order valence-electron chi connectivity index (χ0n) is 20.3. The predicted molar refractivity (Wildman–Crippen MR) is 143 cm³/mol. The highest BCUT2D eigenvalue weighted by Crippen LogP contribution is 2.41. The molecule has 0 unspecified atom stereocenters. The number of primary sulfonamides is 1. The lowest BCUT2D eigenvalue weighted by Crippen LogP contribution is -2.27. The molecule has 2 aromatic carbocycles. The first-order valence-electron chi connectivity index (χ1n) is 11.1. The van der Waals surface area contributed by atoms with Gasteiger partial charge in [-0.2, -0.15) is 0 Å². The van der Waals surface area contributed by atoms with Crippen LogP contribution >= 0.6 is 11.3 Å². The summed E-state index contributed by atoms with van der Waals surface area (Å²) in [5.41, 5.74) is 1.18. The Morgan fingerprint density at radius 3 is 2.49 bits per heavy atom. The normalized spacial score (nSPS) is 11.6. The molecule has 0 fully saturated rings. The van der Waals surface area contributed by atoms with Crippen LogP contribution in [0.4, 0.5) is 21.4 Å². The molecule has 10 nitrogen and oxygen atoms in total. The van der Waals surface area contributed by atoms with Crippen LogP contribution in [0.25, 0.3) is 11.3 Å². The fourth-order valence-electron chi connectivity index (χ4n) is 3.15. The van der Waals surface area contributed by atoms with E-state index in [1.54, 1.807) is 51.2 Å². The summed E-state index contributed by atoms with van der Waals surface area (Å²) in [6.07, 6.45) is 0.925. The Kier molecular flexibility index (Phi) is 7.43. The number of rotatable bonds is 7. The number of nitrogens with one attached hydrogen (secondary N) is 2. The molecule has 192 valence electrons. The van der Waals surface area contributed by atoms with Crippen molar-refractivity contribution in [2.75, 3.05) is 10.6 Å². The standard InChI is InChI=1S/C25H25N5O5S2/c1-25(2,3)35-24(31)30-23-29-21(16-8-5-4-6-9-16)22(36-23)34-18-12-13-27-20(15-18)28-17-10-7-11-19(14-17)37(26,32)33/h4-15H,1-3H3,(H,27,28)(H2,26,32,33)(H,29,30,31). The van der Waals surface area contributed by atoms with E-state index in [2.05, 4.69) is 20.6 Å². The summed E-state index contributed by atoms with van der Waals surface area (Å²) >= 11 is 1.15. The summed E-state index contributed by atoms with van der Waals surface area (Å²) in [5.74, 6) is 0.867. The maximum Gasteiger partial charge on any atom is 0.413 e. The van der Waals surface area contributed by atoms with Crippen molar-refractivity contribution in [1.82, 2.24) is 9.97 Å². The van der Waals surface area contributed by atoms with Gasteiger partial charge in [0.15, 0.2) is 5.13 Å². The molecule has 0 aliphatic carbocycles. The Morgan fingerprint density at radius 2 is 1.78 bits per heavy atom. The smallest absolute Gasteiger partial charge is 0.413 e. The molecule has 1 amide bonds. The van der Waals surface area contributed by atoms with Gasteiger partial charge in [0.05, 0.1) is 4.90 Å². The van der Waals surface area contributed by atoms with E-state index in [0.29, 0.717) is 33.1 Å². The molecule has 0 saturated heterocycles. The van der Waals surface area contributed by atoms with Gasteiger partial charge in [0.2, 0.25) is 15.1 Å². The minimum atomic E-state index is -3.84. The highest BCUT2D eigenvalue weighted by Gasteiger charge is 2.21. The van der Waals surface area contributed by atoms with Crippen LogP contribution in [0.5, 0.6) is 10.8 Å². The van der Waals surface area contributed by atoms with E-state index in [-0.39, 0.29) is 4.90 Å². The maximum atomic E-state index is 12.3. The van der Waals surface area contributed by atoms with Crippen molar-refractivity contribution in [3.8, 4) is 22.1 Å². The third kappa shape index (κ3) is 7.26. The second-order valence-electron chi connectivity index (χ2n) is 8.82. The van der Waals surface area contributed by atoms with E-state index in [1.165, 1.54) is 12.1 Å². The molecule has 0 atom stereocenters. The number of anilines is 3. The molecule has 2 aromatic heterocycles. The fraction of sp³-hybridized carbons (Fsp3) is 0.160. The molecule has 4 N–H and O–H groups in total. The molecular weight excluding hydrogens is 514 g/mol. The topological polar surface area (TPSA) is 146 Å². The quantitative estimate of drug-likeness (QED) is 0.270. The Hall–Kier alpha value is -4.00. The van der Waals surface area contributed by atoms with Crippen LogP contribution in [0.3, 0.4) is 0 Å². The molecule has 0 aliphatic heterocycles. The molecule has 0 bridgehead atoms. The number of aromatic nitrogens is 2. The van der Waals surface area contributed by atoms with Gasteiger partial charge in [-0.15, -0.1) is 0 Å². The van der Waals surface area contributed by atoms with E-state index in [0.717, 1.165) is 16.9 Å². The number of amides is 1. The molecule has 4 rings (SSSR count). The minimum absolute atomic E-state index is 0.0212. The fourth-order valence-corrected chi connectivity index (χ4v) is 4.55. The monoisotopic (exact) mass is 539 g/mol. The van der Waals surface area contributed by atoms with Crippen LogP contribution in [0.2, 0.25) is 0 Å². The van der Waals surface area contributed by atoms with Gasteiger partial charge in [0.1, 0.15) is 22.9 Å². The molecule has 0 radical (unpaired) electrons. The first-order valence-corrected chi connectivity index (χ1v) is 13.4. The van der Waals surface area contributed by atoms with Crippen molar-refractivity contribution in [3.05, 3.63) is 72.9 Å². The molecule has 0 spiro atoms. The van der Waals surface area contributed by atoms with Crippen LogP contribution in [0.1, 0.15) is 20.8 Å². The number of nitrogens with two attached hydrogens (primary N) is 1. The van der Waals surface area contributed by atoms with E-state index in [9.17, 15) is 13.2 Å². The van der Waals surface area contributed by atoms with Gasteiger partial charge < -0.3 is 14.8 Å². The second-order valence-corrected chi connectivity index (χ2v) is 11.3. The Balaban J connectivity index is 1.59. The average molecular weight is 540 g/mol. The lowest BCUT2D eigenvalue weighted by molar-refractivity contribution is 0.0636. The van der Waals surface area contributed by atoms with Gasteiger partial charge in [0, 0.05) is 23.5 Å². The highest BCUT2D eigenvalue weighted by atomic mass is 32.2. The molecule has 37 heavy (non-hydrogen) atoms. The summed E-state index contributed by atoms with van der Waals surface area (Å²) in [5, 5.41) is 11.7. The number of carbonyl (C=O) groups is 1.